The van der Waals surface area contributed by atoms with E-state index in [1.165, 1.54) is 10.9 Å². The van der Waals surface area contributed by atoms with Crippen molar-refractivity contribution < 1.29 is 4.42 Å². The summed E-state index contributed by atoms with van der Waals surface area (Å²) >= 11 is 0. The minimum atomic E-state index is -0.133. The highest BCUT2D eigenvalue weighted by Crippen LogP contribution is 2.43. The largest absolute Gasteiger partial charge is 0.454 e. The first-order valence-electron chi connectivity index (χ1n) is 10.3. The maximum atomic E-state index is 6.41. The summed E-state index contributed by atoms with van der Waals surface area (Å²) in [4.78, 5) is 5.23. The van der Waals surface area contributed by atoms with Gasteiger partial charge < -0.3 is 8.98 Å². The Labute approximate surface area is 174 Å². The lowest BCUT2D eigenvalue weighted by atomic mass is 9.89. The third kappa shape index (κ3) is 2.29. The van der Waals surface area contributed by atoms with Crippen LogP contribution in [0.15, 0.2) is 83.3 Å². The Kier molecular flexibility index (Phi) is 3.43. The van der Waals surface area contributed by atoms with Crippen LogP contribution in [0.25, 0.3) is 49.6 Å². The van der Waals surface area contributed by atoms with E-state index < -0.39 is 0 Å². The molecule has 3 heterocycles. The molecule has 0 unspecified atom stereocenters. The third-order valence-electron chi connectivity index (χ3n) is 5.84. The predicted molar refractivity (Wildman–Crippen MR) is 125 cm³/mol. The molecule has 0 N–H and O–H groups in total. The summed E-state index contributed by atoms with van der Waals surface area (Å²) in [5.74, 6) is 0. The molecule has 0 amide bonds. The molecule has 3 nitrogen and oxygen atoms in total. The van der Waals surface area contributed by atoms with E-state index in [0.717, 1.165) is 44.4 Å². The first kappa shape index (κ1) is 17.3. The number of para-hydroxylation sites is 3. The monoisotopic (exact) mass is 390 g/mol. The first-order chi connectivity index (χ1) is 14.5. The van der Waals surface area contributed by atoms with E-state index in [2.05, 4.69) is 86.0 Å². The normalized spacial score (nSPS) is 12.5. The van der Waals surface area contributed by atoms with Gasteiger partial charge in [0, 0.05) is 21.9 Å². The van der Waals surface area contributed by atoms with Gasteiger partial charge in [-0.05, 0) is 30.3 Å². The van der Waals surface area contributed by atoms with Crippen LogP contribution in [0.5, 0.6) is 0 Å². The molecule has 30 heavy (non-hydrogen) atoms. The quantitative estimate of drug-likeness (QED) is 0.293. The lowest BCUT2D eigenvalue weighted by Gasteiger charge is -2.21. The summed E-state index contributed by atoms with van der Waals surface area (Å²) in [5.41, 5.74) is 7.06. The summed E-state index contributed by atoms with van der Waals surface area (Å²) in [6.07, 6.45) is 0. The summed E-state index contributed by atoms with van der Waals surface area (Å²) in [6.45, 7) is 6.70. The summed E-state index contributed by atoms with van der Waals surface area (Å²) in [6, 6.07) is 27.3. The van der Waals surface area contributed by atoms with Gasteiger partial charge in [-0.3, -0.25) is 0 Å². The minimum absolute atomic E-state index is 0.133. The fourth-order valence-corrected chi connectivity index (χ4v) is 4.54. The molecular weight excluding hydrogens is 368 g/mol. The summed E-state index contributed by atoms with van der Waals surface area (Å²) in [7, 11) is 0. The number of hydrogen-bond acceptors (Lipinski definition) is 2. The highest BCUT2D eigenvalue weighted by atomic mass is 16.3. The standard InChI is InChI=1S/C27H22N2O/c1-27(2,3)26-24-22(25-23(28-26)19-14-8-10-16-21(19)30-25)18-13-7-9-15-20(18)29(24)17-11-5-4-6-12-17/h4-16H,1-3H3. The second-order valence-electron chi connectivity index (χ2n) is 8.90. The van der Waals surface area contributed by atoms with E-state index >= 15 is 0 Å². The van der Waals surface area contributed by atoms with Gasteiger partial charge in [0.05, 0.1) is 22.1 Å². The zero-order valence-corrected chi connectivity index (χ0v) is 17.3. The molecule has 0 aliphatic heterocycles. The molecule has 146 valence electrons. The van der Waals surface area contributed by atoms with Gasteiger partial charge in [0.2, 0.25) is 0 Å². The number of fused-ring (bicyclic) bond motifs is 7. The topological polar surface area (TPSA) is 31.0 Å². The van der Waals surface area contributed by atoms with Crippen LogP contribution in [0.4, 0.5) is 0 Å². The molecule has 0 bridgehead atoms. The van der Waals surface area contributed by atoms with Gasteiger partial charge in [0.1, 0.15) is 11.1 Å². The molecule has 0 fully saturated rings. The highest BCUT2D eigenvalue weighted by molar-refractivity contribution is 6.23. The number of benzene rings is 3. The van der Waals surface area contributed by atoms with E-state index in [1.54, 1.807) is 0 Å². The third-order valence-corrected chi connectivity index (χ3v) is 5.84. The number of nitrogens with zero attached hydrogens (tertiary/aromatic N) is 2. The molecule has 0 aliphatic rings. The lowest BCUT2D eigenvalue weighted by molar-refractivity contribution is 0.575. The molecule has 0 saturated heterocycles. The molecule has 3 heteroatoms. The fraction of sp³-hybridized carbons (Fsp3) is 0.148. The second kappa shape index (κ2) is 5.96. The highest BCUT2D eigenvalue weighted by Gasteiger charge is 2.28. The van der Waals surface area contributed by atoms with Crippen molar-refractivity contribution in [3.8, 4) is 5.69 Å². The van der Waals surface area contributed by atoms with Crippen molar-refractivity contribution in [1.82, 2.24) is 9.55 Å². The van der Waals surface area contributed by atoms with Gasteiger partial charge in [-0.25, -0.2) is 4.98 Å². The average Bonchev–Trinajstić information content (AvgIpc) is 3.29. The Morgan fingerprint density at radius 1 is 0.767 bits per heavy atom. The van der Waals surface area contributed by atoms with Gasteiger partial charge in [-0.15, -0.1) is 0 Å². The van der Waals surface area contributed by atoms with E-state index in [0.29, 0.717) is 0 Å². The number of pyridine rings is 1. The van der Waals surface area contributed by atoms with Crippen molar-refractivity contribution in [2.75, 3.05) is 0 Å². The lowest BCUT2D eigenvalue weighted by Crippen LogP contribution is -2.15. The number of furan rings is 1. The number of aromatic nitrogens is 2. The zero-order valence-electron chi connectivity index (χ0n) is 17.3. The van der Waals surface area contributed by atoms with Crippen molar-refractivity contribution in [3.63, 3.8) is 0 Å². The van der Waals surface area contributed by atoms with Crippen LogP contribution in [0.2, 0.25) is 0 Å². The zero-order chi connectivity index (χ0) is 20.5. The Bertz CT molecular complexity index is 1560. The van der Waals surface area contributed by atoms with Crippen LogP contribution in [0.3, 0.4) is 0 Å². The van der Waals surface area contributed by atoms with Gasteiger partial charge in [0.25, 0.3) is 0 Å². The van der Waals surface area contributed by atoms with Gasteiger partial charge >= 0.3 is 0 Å². The van der Waals surface area contributed by atoms with Crippen LogP contribution < -0.4 is 0 Å². The van der Waals surface area contributed by atoms with Crippen LogP contribution in [-0.2, 0) is 5.41 Å². The van der Waals surface area contributed by atoms with E-state index in [4.69, 9.17) is 9.40 Å². The molecule has 3 aromatic carbocycles. The van der Waals surface area contributed by atoms with Crippen molar-refractivity contribution in [2.24, 2.45) is 0 Å². The number of hydrogen-bond donors (Lipinski definition) is 0. The average molecular weight is 390 g/mol. The van der Waals surface area contributed by atoms with Crippen LogP contribution >= 0.6 is 0 Å². The second-order valence-corrected chi connectivity index (χ2v) is 8.90. The molecular formula is C27H22N2O. The molecule has 6 aromatic rings. The Balaban J connectivity index is 1.96. The first-order valence-corrected chi connectivity index (χ1v) is 10.3. The minimum Gasteiger partial charge on any atom is -0.454 e. The van der Waals surface area contributed by atoms with E-state index in [9.17, 15) is 0 Å². The maximum Gasteiger partial charge on any atom is 0.163 e. The fourth-order valence-electron chi connectivity index (χ4n) is 4.54. The molecule has 6 rings (SSSR count). The molecule has 0 saturated carbocycles. The van der Waals surface area contributed by atoms with Crippen molar-refractivity contribution in [1.29, 1.82) is 0 Å². The Morgan fingerprint density at radius 2 is 1.43 bits per heavy atom. The maximum absolute atomic E-state index is 6.41. The molecule has 0 atom stereocenters. The van der Waals surface area contributed by atoms with E-state index in [-0.39, 0.29) is 5.41 Å². The van der Waals surface area contributed by atoms with Gasteiger partial charge in [-0.1, -0.05) is 69.3 Å². The van der Waals surface area contributed by atoms with Crippen molar-refractivity contribution in [3.05, 3.63) is 84.6 Å². The Morgan fingerprint density at radius 3 is 2.20 bits per heavy atom. The van der Waals surface area contributed by atoms with Crippen molar-refractivity contribution >= 4 is 43.9 Å². The van der Waals surface area contributed by atoms with Crippen LogP contribution in [-0.4, -0.2) is 9.55 Å². The molecule has 3 aromatic heterocycles. The molecule has 0 spiro atoms. The van der Waals surface area contributed by atoms with Crippen LogP contribution in [0.1, 0.15) is 26.5 Å². The van der Waals surface area contributed by atoms with Gasteiger partial charge in [-0.2, -0.15) is 0 Å². The van der Waals surface area contributed by atoms with Gasteiger partial charge in [0.15, 0.2) is 5.58 Å². The smallest absolute Gasteiger partial charge is 0.163 e. The molecule has 0 radical (unpaired) electrons. The van der Waals surface area contributed by atoms with Crippen molar-refractivity contribution in [2.45, 2.75) is 26.2 Å². The summed E-state index contributed by atoms with van der Waals surface area (Å²) < 4.78 is 8.75. The number of rotatable bonds is 1. The SMILES string of the molecule is CC(C)(C)c1nc2c3ccccc3oc2c2c3ccccc3n(-c3ccccc3)c12. The summed E-state index contributed by atoms with van der Waals surface area (Å²) in [5, 5.41) is 3.39. The predicted octanol–water partition coefficient (Wildman–Crippen LogP) is 7.38. The van der Waals surface area contributed by atoms with Crippen LogP contribution in [0, 0.1) is 0 Å². The molecule has 0 aliphatic carbocycles. The Hall–Kier alpha value is -3.59. The van der Waals surface area contributed by atoms with E-state index in [1.807, 2.05) is 18.2 Å².